The third-order valence-corrected chi connectivity index (χ3v) is 3.85. The monoisotopic (exact) mass is 367 g/mol. The van der Waals surface area contributed by atoms with Crippen LogP contribution >= 0.6 is 0 Å². The first-order valence-electron chi connectivity index (χ1n) is 7.77. The Labute approximate surface area is 146 Å². The standard InChI is InChI=1S/C18H16F3NO4/c1-24-13-4-5-15-12(10-26-16(15)8-13)7-17(23)22(11-18(19,20)21)9-14-3-2-6-25-14/h2-6,8,10H,7,9,11H2,1H3. The second-order valence-corrected chi connectivity index (χ2v) is 5.74. The number of nitrogens with zero attached hydrogens (tertiary/aromatic N) is 1. The van der Waals surface area contributed by atoms with Crippen LogP contribution in [0.25, 0.3) is 11.0 Å². The van der Waals surface area contributed by atoms with Crippen molar-refractivity contribution in [1.82, 2.24) is 4.90 Å². The molecule has 0 aliphatic rings. The smallest absolute Gasteiger partial charge is 0.406 e. The van der Waals surface area contributed by atoms with E-state index in [0.717, 1.165) is 4.90 Å². The highest BCUT2D eigenvalue weighted by atomic mass is 19.4. The number of methoxy groups -OCH3 is 1. The van der Waals surface area contributed by atoms with E-state index in [1.165, 1.54) is 25.7 Å². The summed E-state index contributed by atoms with van der Waals surface area (Å²) < 4.78 is 54.1. The lowest BCUT2D eigenvalue weighted by Crippen LogP contribution is -2.39. The first-order chi connectivity index (χ1) is 12.4. The van der Waals surface area contributed by atoms with Gasteiger partial charge in [-0.1, -0.05) is 0 Å². The molecule has 26 heavy (non-hydrogen) atoms. The Morgan fingerprint density at radius 2 is 2.04 bits per heavy atom. The molecular formula is C18H16F3NO4. The van der Waals surface area contributed by atoms with Crippen molar-refractivity contribution in [3.05, 3.63) is 54.2 Å². The SMILES string of the molecule is COc1ccc2c(CC(=O)N(Cc3ccco3)CC(F)(F)F)coc2c1. The van der Waals surface area contributed by atoms with E-state index in [9.17, 15) is 18.0 Å². The van der Waals surface area contributed by atoms with Crippen LogP contribution < -0.4 is 4.74 Å². The molecule has 0 spiro atoms. The normalized spacial score (nSPS) is 11.7. The Kier molecular flexibility index (Phi) is 4.92. The molecule has 0 saturated carbocycles. The van der Waals surface area contributed by atoms with Crippen LogP contribution in [0, 0.1) is 0 Å². The fraction of sp³-hybridized carbons (Fsp3) is 0.278. The molecule has 8 heteroatoms. The first kappa shape index (κ1) is 17.9. The summed E-state index contributed by atoms with van der Waals surface area (Å²) in [5.41, 5.74) is 1.01. The van der Waals surface area contributed by atoms with Gasteiger partial charge in [0.1, 0.15) is 23.6 Å². The van der Waals surface area contributed by atoms with Gasteiger partial charge in [0, 0.05) is 17.0 Å². The van der Waals surface area contributed by atoms with Gasteiger partial charge in [-0.25, -0.2) is 0 Å². The van der Waals surface area contributed by atoms with Crippen LogP contribution in [0.15, 0.2) is 51.7 Å². The van der Waals surface area contributed by atoms with Gasteiger partial charge in [0.15, 0.2) is 0 Å². The third kappa shape index (κ3) is 4.19. The van der Waals surface area contributed by atoms with Crippen molar-refractivity contribution in [3.63, 3.8) is 0 Å². The van der Waals surface area contributed by atoms with E-state index in [1.54, 1.807) is 24.3 Å². The molecule has 1 amide bonds. The van der Waals surface area contributed by atoms with Crippen molar-refractivity contribution in [3.8, 4) is 5.75 Å². The van der Waals surface area contributed by atoms with Gasteiger partial charge in [0.25, 0.3) is 0 Å². The van der Waals surface area contributed by atoms with E-state index in [1.807, 2.05) is 0 Å². The fourth-order valence-electron chi connectivity index (χ4n) is 2.64. The Morgan fingerprint density at radius 1 is 1.23 bits per heavy atom. The Balaban J connectivity index is 1.80. The number of carbonyl (C=O) groups is 1. The highest BCUT2D eigenvalue weighted by Crippen LogP contribution is 2.27. The summed E-state index contributed by atoms with van der Waals surface area (Å²) in [7, 11) is 1.51. The van der Waals surface area contributed by atoms with Crippen molar-refractivity contribution >= 4 is 16.9 Å². The number of hydrogen-bond acceptors (Lipinski definition) is 4. The molecule has 0 N–H and O–H groups in total. The molecule has 0 fully saturated rings. The van der Waals surface area contributed by atoms with Crippen molar-refractivity contribution in [1.29, 1.82) is 0 Å². The van der Waals surface area contributed by atoms with Crippen LogP contribution in [0.1, 0.15) is 11.3 Å². The summed E-state index contributed by atoms with van der Waals surface area (Å²) in [5.74, 6) is 0.197. The predicted molar refractivity (Wildman–Crippen MR) is 86.7 cm³/mol. The summed E-state index contributed by atoms with van der Waals surface area (Å²) in [4.78, 5) is 13.2. The molecule has 3 aromatic rings. The fourth-order valence-corrected chi connectivity index (χ4v) is 2.64. The topological polar surface area (TPSA) is 55.8 Å². The highest BCUT2D eigenvalue weighted by Gasteiger charge is 2.33. The van der Waals surface area contributed by atoms with Gasteiger partial charge >= 0.3 is 6.18 Å². The maximum absolute atomic E-state index is 12.9. The zero-order valence-corrected chi connectivity index (χ0v) is 13.9. The molecule has 1 aromatic carbocycles. The Bertz CT molecular complexity index is 884. The first-order valence-corrected chi connectivity index (χ1v) is 7.77. The quantitative estimate of drug-likeness (QED) is 0.656. The largest absolute Gasteiger partial charge is 0.497 e. The second-order valence-electron chi connectivity index (χ2n) is 5.74. The summed E-state index contributed by atoms with van der Waals surface area (Å²) in [5, 5.41) is 0.657. The molecule has 3 rings (SSSR count). The van der Waals surface area contributed by atoms with Gasteiger partial charge in [-0.05, 0) is 24.3 Å². The molecule has 5 nitrogen and oxygen atoms in total. The summed E-state index contributed by atoms with van der Waals surface area (Å²) in [6.45, 7) is -1.61. The molecule has 0 aliphatic heterocycles. The van der Waals surface area contributed by atoms with Crippen molar-refractivity contribution < 1.29 is 31.5 Å². The number of benzene rings is 1. The molecule has 0 bridgehead atoms. The number of ether oxygens (including phenoxy) is 1. The van der Waals surface area contributed by atoms with Gasteiger partial charge in [0.05, 0.1) is 32.6 Å². The molecule has 0 saturated heterocycles. The summed E-state index contributed by atoms with van der Waals surface area (Å²) in [6.07, 6.45) is -1.99. The van der Waals surface area contributed by atoms with Gasteiger partial charge in [0.2, 0.25) is 5.91 Å². The van der Waals surface area contributed by atoms with Crippen LogP contribution in [0.5, 0.6) is 5.75 Å². The van der Waals surface area contributed by atoms with E-state index in [0.29, 0.717) is 22.3 Å². The number of hydrogen-bond donors (Lipinski definition) is 0. The molecule has 0 aliphatic carbocycles. The number of amides is 1. The van der Waals surface area contributed by atoms with Gasteiger partial charge < -0.3 is 18.5 Å². The summed E-state index contributed by atoms with van der Waals surface area (Å²) >= 11 is 0. The molecule has 2 aromatic heterocycles. The zero-order valence-electron chi connectivity index (χ0n) is 13.9. The number of rotatable bonds is 6. The molecule has 138 valence electrons. The lowest BCUT2D eigenvalue weighted by molar-refractivity contribution is -0.162. The number of fused-ring (bicyclic) bond motifs is 1. The van der Waals surface area contributed by atoms with E-state index in [4.69, 9.17) is 13.6 Å². The van der Waals surface area contributed by atoms with Crippen LogP contribution in [0.3, 0.4) is 0 Å². The molecule has 2 heterocycles. The van der Waals surface area contributed by atoms with Crippen LogP contribution in [-0.2, 0) is 17.8 Å². The maximum Gasteiger partial charge on any atom is 0.406 e. The average molecular weight is 367 g/mol. The minimum absolute atomic E-state index is 0.212. The van der Waals surface area contributed by atoms with E-state index in [2.05, 4.69) is 0 Å². The number of halogens is 3. The highest BCUT2D eigenvalue weighted by molar-refractivity contribution is 5.88. The van der Waals surface area contributed by atoms with Crippen molar-refractivity contribution in [2.24, 2.45) is 0 Å². The third-order valence-electron chi connectivity index (χ3n) is 3.85. The van der Waals surface area contributed by atoms with Crippen molar-refractivity contribution in [2.75, 3.05) is 13.7 Å². The van der Waals surface area contributed by atoms with Gasteiger partial charge in [-0.2, -0.15) is 13.2 Å². The zero-order chi connectivity index (χ0) is 18.7. The van der Waals surface area contributed by atoms with Gasteiger partial charge in [-0.15, -0.1) is 0 Å². The number of alkyl halides is 3. The summed E-state index contributed by atoms with van der Waals surface area (Å²) in [6, 6.07) is 8.14. The van der Waals surface area contributed by atoms with Crippen molar-refractivity contribution in [2.45, 2.75) is 19.1 Å². The van der Waals surface area contributed by atoms with E-state index >= 15 is 0 Å². The number of furan rings is 2. The van der Waals surface area contributed by atoms with E-state index < -0.39 is 18.6 Å². The lowest BCUT2D eigenvalue weighted by atomic mass is 10.1. The Hall–Kier alpha value is -2.90. The molecule has 0 atom stereocenters. The molecule has 0 unspecified atom stereocenters. The Morgan fingerprint density at radius 3 is 2.69 bits per heavy atom. The van der Waals surface area contributed by atoms with Crippen LogP contribution in [0.2, 0.25) is 0 Å². The second kappa shape index (κ2) is 7.15. The lowest BCUT2D eigenvalue weighted by Gasteiger charge is -2.23. The minimum atomic E-state index is -4.51. The van der Waals surface area contributed by atoms with Gasteiger partial charge in [-0.3, -0.25) is 4.79 Å². The maximum atomic E-state index is 12.9. The van der Waals surface area contributed by atoms with Crippen LogP contribution in [0.4, 0.5) is 13.2 Å². The molecular weight excluding hydrogens is 351 g/mol. The predicted octanol–water partition coefficient (Wildman–Crippen LogP) is 4.17. The van der Waals surface area contributed by atoms with Crippen LogP contribution in [-0.4, -0.2) is 30.6 Å². The average Bonchev–Trinajstić information content (AvgIpc) is 3.22. The minimum Gasteiger partial charge on any atom is -0.497 e. The molecule has 0 radical (unpaired) electrons. The number of carbonyl (C=O) groups excluding carboxylic acids is 1. The van der Waals surface area contributed by atoms with E-state index in [-0.39, 0.29) is 18.7 Å².